The number of fused-ring (bicyclic) bond motifs is 1. The number of aliphatic hydroxyl groups excluding tert-OH is 1. The number of carbonyl (C=O) groups excluding carboxylic acids is 1. The number of morpholine rings is 1. The summed E-state index contributed by atoms with van der Waals surface area (Å²) in [6.07, 6.45) is -4.85. The number of H-pyrrole nitrogens is 1. The topological polar surface area (TPSA) is 122 Å². The van der Waals surface area contributed by atoms with Crippen molar-refractivity contribution in [2.24, 2.45) is 5.73 Å². The average molecular weight is 494 g/mol. The summed E-state index contributed by atoms with van der Waals surface area (Å²) in [7, 11) is 0. The molecule has 0 saturated carbocycles. The lowest BCUT2D eigenvalue weighted by atomic mass is 9.98. The number of pyridine rings is 2. The highest BCUT2D eigenvalue weighted by Crippen LogP contribution is 2.33. The fourth-order valence-electron chi connectivity index (χ4n) is 4.21. The molecule has 1 amide bonds. The van der Waals surface area contributed by atoms with Crippen LogP contribution >= 0.6 is 0 Å². The van der Waals surface area contributed by atoms with Crippen LogP contribution in [0.3, 0.4) is 0 Å². The van der Waals surface area contributed by atoms with Crippen molar-refractivity contribution in [3.63, 3.8) is 0 Å². The predicted molar refractivity (Wildman–Crippen MR) is 117 cm³/mol. The molecule has 8 nitrogen and oxygen atoms in total. The number of hydrogen-bond donors (Lipinski definition) is 3. The van der Waals surface area contributed by atoms with Crippen molar-refractivity contribution in [2.45, 2.75) is 25.2 Å². The zero-order chi connectivity index (χ0) is 25.3. The quantitative estimate of drug-likeness (QED) is 0.451. The monoisotopic (exact) mass is 494 g/mol. The van der Waals surface area contributed by atoms with Crippen LogP contribution in [-0.4, -0.2) is 58.4 Å². The van der Waals surface area contributed by atoms with E-state index in [0.29, 0.717) is 37.9 Å². The Morgan fingerprint density at radius 3 is 2.63 bits per heavy atom. The molecule has 1 saturated heterocycles. The summed E-state index contributed by atoms with van der Waals surface area (Å²) in [4.78, 5) is 33.2. The highest BCUT2D eigenvalue weighted by atomic mass is 19.4. The number of aromatic amines is 1. The van der Waals surface area contributed by atoms with Gasteiger partial charge < -0.3 is 20.6 Å². The number of alkyl halides is 3. The molecule has 2 aromatic heterocycles. The minimum atomic E-state index is -4.75. The number of nitrogens with one attached hydrogen (secondary N) is 1. The molecule has 0 spiro atoms. The third-order valence-electron chi connectivity index (χ3n) is 5.88. The molecule has 186 valence electrons. The van der Waals surface area contributed by atoms with E-state index in [0.717, 1.165) is 12.1 Å². The summed E-state index contributed by atoms with van der Waals surface area (Å²) in [5.74, 6) is -2.01. The first-order valence-corrected chi connectivity index (χ1v) is 10.7. The van der Waals surface area contributed by atoms with Gasteiger partial charge in [0, 0.05) is 31.3 Å². The second-order valence-corrected chi connectivity index (χ2v) is 8.22. The van der Waals surface area contributed by atoms with Crippen LogP contribution in [0.1, 0.15) is 32.6 Å². The van der Waals surface area contributed by atoms with Crippen molar-refractivity contribution in [2.75, 3.05) is 26.3 Å². The van der Waals surface area contributed by atoms with Gasteiger partial charge in [-0.3, -0.25) is 19.5 Å². The number of benzene rings is 1. The highest BCUT2D eigenvalue weighted by Gasteiger charge is 2.34. The fourth-order valence-corrected chi connectivity index (χ4v) is 4.21. The largest absolute Gasteiger partial charge is 0.416 e. The van der Waals surface area contributed by atoms with Crippen LogP contribution in [0.4, 0.5) is 17.6 Å². The molecule has 4 N–H and O–H groups in total. The molecule has 3 heterocycles. The van der Waals surface area contributed by atoms with Crippen LogP contribution in [-0.2, 0) is 23.8 Å². The van der Waals surface area contributed by atoms with E-state index >= 15 is 0 Å². The fraction of sp³-hybridized carbons (Fsp3) is 0.348. The second kappa shape index (κ2) is 9.72. The SMILES string of the molecule is NC(=O)c1c(CC(O)N2CCOCC2)c2ncc(Cc3ccc(F)cc3C(F)(F)F)cc2[nH]c1=O. The number of primary amides is 1. The lowest BCUT2D eigenvalue weighted by Crippen LogP contribution is -2.45. The van der Waals surface area contributed by atoms with Gasteiger partial charge in [0.2, 0.25) is 0 Å². The van der Waals surface area contributed by atoms with Crippen molar-refractivity contribution < 1.29 is 32.2 Å². The van der Waals surface area contributed by atoms with Gasteiger partial charge in [-0.05, 0) is 35.7 Å². The van der Waals surface area contributed by atoms with E-state index in [9.17, 15) is 32.3 Å². The van der Waals surface area contributed by atoms with Gasteiger partial charge in [0.1, 0.15) is 17.6 Å². The second-order valence-electron chi connectivity index (χ2n) is 8.22. The van der Waals surface area contributed by atoms with E-state index in [2.05, 4.69) is 9.97 Å². The Morgan fingerprint density at radius 2 is 1.97 bits per heavy atom. The average Bonchev–Trinajstić information content (AvgIpc) is 2.79. The molecule has 35 heavy (non-hydrogen) atoms. The maximum absolute atomic E-state index is 13.4. The number of nitrogens with two attached hydrogens (primary N) is 1. The number of amides is 1. The third kappa shape index (κ3) is 5.34. The van der Waals surface area contributed by atoms with Crippen LogP contribution in [0, 0.1) is 5.82 Å². The Bertz CT molecular complexity index is 1320. The van der Waals surface area contributed by atoms with Gasteiger partial charge in [-0.25, -0.2) is 4.39 Å². The van der Waals surface area contributed by atoms with E-state index in [-0.39, 0.29) is 40.6 Å². The van der Waals surface area contributed by atoms with Crippen molar-refractivity contribution in [3.8, 4) is 0 Å². The molecule has 12 heteroatoms. The number of carbonyl (C=O) groups is 1. The van der Waals surface area contributed by atoms with Gasteiger partial charge in [0.25, 0.3) is 11.5 Å². The van der Waals surface area contributed by atoms with Gasteiger partial charge >= 0.3 is 6.18 Å². The molecule has 0 radical (unpaired) electrons. The first-order chi connectivity index (χ1) is 16.5. The lowest BCUT2D eigenvalue weighted by molar-refractivity contribution is -0.138. The van der Waals surface area contributed by atoms with Crippen LogP contribution in [0.2, 0.25) is 0 Å². The zero-order valence-corrected chi connectivity index (χ0v) is 18.4. The Labute approximate surface area is 196 Å². The molecule has 1 fully saturated rings. The standard InChI is InChI=1S/C23H22F4N4O4/c24-14-2-1-13(16(9-14)23(25,26)27)7-12-8-17-20(29-11-12)15(19(21(28)33)22(34)30-17)10-18(32)31-3-5-35-6-4-31/h1-2,8-9,11,18,32H,3-7,10H2,(H2,28,33)(H,30,34). The van der Waals surface area contributed by atoms with Crippen molar-refractivity contribution in [1.82, 2.24) is 14.9 Å². The number of halogens is 4. The van der Waals surface area contributed by atoms with Gasteiger partial charge in [-0.2, -0.15) is 13.2 Å². The summed E-state index contributed by atoms with van der Waals surface area (Å²) in [6.45, 7) is 1.73. The molecule has 1 atom stereocenters. The van der Waals surface area contributed by atoms with Gasteiger partial charge in [0.15, 0.2) is 0 Å². The van der Waals surface area contributed by atoms with Gasteiger partial charge in [-0.15, -0.1) is 0 Å². The minimum Gasteiger partial charge on any atom is -0.379 e. The molecule has 1 aliphatic rings. The molecule has 0 aliphatic carbocycles. The van der Waals surface area contributed by atoms with Crippen LogP contribution in [0.25, 0.3) is 11.0 Å². The lowest BCUT2D eigenvalue weighted by Gasteiger charge is -2.31. The molecular formula is C23H22F4N4O4. The zero-order valence-electron chi connectivity index (χ0n) is 18.4. The normalized spacial score (nSPS) is 15.9. The van der Waals surface area contributed by atoms with Gasteiger partial charge in [0.05, 0.1) is 29.8 Å². The van der Waals surface area contributed by atoms with E-state index in [4.69, 9.17) is 10.5 Å². The van der Waals surface area contributed by atoms with Crippen LogP contribution in [0.5, 0.6) is 0 Å². The maximum Gasteiger partial charge on any atom is 0.416 e. The van der Waals surface area contributed by atoms with E-state index in [1.165, 1.54) is 12.3 Å². The molecule has 1 aliphatic heterocycles. The molecule has 3 aromatic rings. The molecule has 4 rings (SSSR count). The first-order valence-electron chi connectivity index (χ1n) is 10.7. The first kappa shape index (κ1) is 24.8. The van der Waals surface area contributed by atoms with Crippen molar-refractivity contribution in [1.29, 1.82) is 0 Å². The molecule has 1 unspecified atom stereocenters. The molecular weight excluding hydrogens is 472 g/mol. The molecule has 1 aromatic carbocycles. The smallest absolute Gasteiger partial charge is 0.379 e. The number of ether oxygens (including phenoxy) is 1. The van der Waals surface area contributed by atoms with E-state index in [1.54, 1.807) is 4.90 Å². The Kier molecular flexibility index (Phi) is 6.88. The Morgan fingerprint density at radius 1 is 1.26 bits per heavy atom. The summed E-state index contributed by atoms with van der Waals surface area (Å²) in [5, 5.41) is 10.7. The van der Waals surface area contributed by atoms with Crippen molar-refractivity contribution >= 4 is 16.9 Å². The summed E-state index contributed by atoms with van der Waals surface area (Å²) in [6, 6.07) is 3.84. The highest BCUT2D eigenvalue weighted by molar-refractivity contribution is 5.98. The van der Waals surface area contributed by atoms with Crippen LogP contribution in [0.15, 0.2) is 35.3 Å². The number of aliphatic hydroxyl groups is 1. The van der Waals surface area contributed by atoms with Gasteiger partial charge in [-0.1, -0.05) is 6.07 Å². The summed E-state index contributed by atoms with van der Waals surface area (Å²) >= 11 is 0. The van der Waals surface area contributed by atoms with E-state index in [1.807, 2.05) is 0 Å². The maximum atomic E-state index is 13.4. The number of aromatic nitrogens is 2. The summed E-state index contributed by atoms with van der Waals surface area (Å²) < 4.78 is 58.8. The molecule has 0 bridgehead atoms. The van der Waals surface area contributed by atoms with Crippen molar-refractivity contribution in [3.05, 3.63) is 74.5 Å². The number of hydrogen-bond acceptors (Lipinski definition) is 6. The third-order valence-corrected chi connectivity index (χ3v) is 5.88. The van der Waals surface area contributed by atoms with Crippen LogP contribution < -0.4 is 11.3 Å². The Hall–Kier alpha value is -3.35. The van der Waals surface area contributed by atoms with E-state index < -0.39 is 35.3 Å². The minimum absolute atomic E-state index is 0.124. The summed E-state index contributed by atoms with van der Waals surface area (Å²) in [5.41, 5.74) is 3.81. The predicted octanol–water partition coefficient (Wildman–Crippen LogP) is 1.96. The number of nitrogens with zero attached hydrogens (tertiary/aromatic N) is 2. The Balaban J connectivity index is 1.74. The number of rotatable bonds is 6.